The Morgan fingerprint density at radius 1 is 1.12 bits per heavy atom. The first-order valence-electron chi connectivity index (χ1n) is 7.33. The highest BCUT2D eigenvalue weighted by Gasteiger charge is 2.18. The average Bonchev–Trinajstić information content (AvgIpc) is 2.57. The lowest BCUT2D eigenvalue weighted by Gasteiger charge is -2.10. The molecule has 0 radical (unpaired) electrons. The molecule has 0 spiro atoms. The van der Waals surface area contributed by atoms with Crippen LogP contribution in [0.25, 0.3) is 0 Å². The Morgan fingerprint density at radius 2 is 1.80 bits per heavy atom. The monoisotopic (exact) mass is 361 g/mol. The fourth-order valence-corrected chi connectivity index (χ4v) is 2.42. The molecule has 2 aromatic rings. The molecule has 0 saturated carbocycles. The molecule has 25 heavy (non-hydrogen) atoms. The van der Waals surface area contributed by atoms with E-state index in [2.05, 4.69) is 15.8 Å². The SMILES string of the molecule is Cc1cc(C)c(C(=O)OCC(=O)NNC(=O)c2ccccc2)c(Cl)n1. The van der Waals surface area contributed by atoms with Crippen LogP contribution in [0.3, 0.4) is 0 Å². The molecule has 8 heteroatoms. The normalized spacial score (nSPS) is 10.0. The van der Waals surface area contributed by atoms with Crippen molar-refractivity contribution in [3.63, 3.8) is 0 Å². The van der Waals surface area contributed by atoms with Gasteiger partial charge >= 0.3 is 5.97 Å². The second-order valence-corrected chi connectivity index (χ2v) is 5.55. The van der Waals surface area contributed by atoms with Gasteiger partial charge in [0.2, 0.25) is 0 Å². The summed E-state index contributed by atoms with van der Waals surface area (Å²) in [7, 11) is 0. The fourth-order valence-electron chi connectivity index (χ4n) is 2.06. The quantitative estimate of drug-likeness (QED) is 0.493. The predicted octanol–water partition coefficient (Wildman–Crippen LogP) is 1.97. The van der Waals surface area contributed by atoms with Crippen LogP contribution >= 0.6 is 11.6 Å². The summed E-state index contributed by atoms with van der Waals surface area (Å²) >= 11 is 5.95. The summed E-state index contributed by atoms with van der Waals surface area (Å²) in [6.07, 6.45) is 0. The summed E-state index contributed by atoms with van der Waals surface area (Å²) in [6.45, 7) is 2.87. The Bertz CT molecular complexity index is 786. The average molecular weight is 362 g/mol. The molecular formula is C17H16ClN3O4. The number of hydrazine groups is 1. The number of aromatic nitrogens is 1. The van der Waals surface area contributed by atoms with Gasteiger partial charge in [0.05, 0.1) is 5.56 Å². The number of nitrogens with zero attached hydrogens (tertiary/aromatic N) is 1. The minimum Gasteiger partial charge on any atom is -0.452 e. The number of amides is 2. The van der Waals surface area contributed by atoms with Crippen molar-refractivity contribution in [1.29, 1.82) is 0 Å². The van der Waals surface area contributed by atoms with Crippen LogP contribution in [0.5, 0.6) is 0 Å². The molecule has 2 amide bonds. The van der Waals surface area contributed by atoms with Crippen molar-refractivity contribution < 1.29 is 19.1 Å². The number of aryl methyl sites for hydroxylation is 2. The highest BCUT2D eigenvalue weighted by Crippen LogP contribution is 2.19. The topological polar surface area (TPSA) is 97.4 Å². The first-order chi connectivity index (χ1) is 11.9. The Kier molecular flexibility index (Phi) is 6.08. The van der Waals surface area contributed by atoms with Gasteiger partial charge in [-0.1, -0.05) is 29.8 Å². The molecule has 1 heterocycles. The van der Waals surface area contributed by atoms with Crippen LogP contribution in [0.1, 0.15) is 32.0 Å². The molecule has 1 aromatic heterocycles. The minimum atomic E-state index is -0.764. The summed E-state index contributed by atoms with van der Waals surface area (Å²) < 4.78 is 4.90. The summed E-state index contributed by atoms with van der Waals surface area (Å²) in [5.41, 5.74) is 6.14. The molecule has 0 fully saturated rings. The highest BCUT2D eigenvalue weighted by molar-refractivity contribution is 6.32. The van der Waals surface area contributed by atoms with Crippen LogP contribution in [0.2, 0.25) is 5.15 Å². The van der Waals surface area contributed by atoms with Gasteiger partial charge in [-0.3, -0.25) is 20.4 Å². The lowest BCUT2D eigenvalue weighted by molar-refractivity contribution is -0.125. The number of nitrogens with one attached hydrogen (secondary N) is 2. The van der Waals surface area contributed by atoms with Crippen molar-refractivity contribution in [3.05, 3.63) is 63.9 Å². The maximum atomic E-state index is 12.0. The Morgan fingerprint density at radius 3 is 2.44 bits per heavy atom. The summed E-state index contributed by atoms with van der Waals surface area (Å²) in [5.74, 6) is -1.94. The van der Waals surface area contributed by atoms with Gasteiger partial charge < -0.3 is 4.74 Å². The fraction of sp³-hybridized carbons (Fsp3) is 0.176. The van der Waals surface area contributed by atoms with Gasteiger partial charge in [0, 0.05) is 11.3 Å². The first kappa shape index (κ1) is 18.4. The van der Waals surface area contributed by atoms with E-state index in [-0.39, 0.29) is 10.7 Å². The van der Waals surface area contributed by atoms with Gasteiger partial charge in [-0.25, -0.2) is 9.78 Å². The largest absolute Gasteiger partial charge is 0.452 e. The zero-order valence-corrected chi connectivity index (χ0v) is 14.4. The van der Waals surface area contributed by atoms with E-state index >= 15 is 0 Å². The van der Waals surface area contributed by atoms with Crippen LogP contribution in [-0.2, 0) is 9.53 Å². The molecule has 0 saturated heterocycles. The number of halogens is 1. The number of hydrogen-bond donors (Lipinski definition) is 2. The molecule has 0 aliphatic heterocycles. The van der Waals surface area contributed by atoms with E-state index in [9.17, 15) is 14.4 Å². The maximum absolute atomic E-state index is 12.0. The van der Waals surface area contributed by atoms with E-state index in [1.54, 1.807) is 50.2 Å². The summed E-state index contributed by atoms with van der Waals surface area (Å²) in [5, 5.41) is 0.0142. The number of esters is 1. The van der Waals surface area contributed by atoms with Crippen molar-refractivity contribution in [3.8, 4) is 0 Å². The van der Waals surface area contributed by atoms with Gasteiger partial charge in [-0.2, -0.15) is 0 Å². The second kappa shape index (κ2) is 8.25. The number of rotatable bonds is 4. The standard InChI is InChI=1S/C17H16ClN3O4/c1-10-8-11(2)19-15(18)14(10)17(24)25-9-13(22)20-21-16(23)12-6-4-3-5-7-12/h3-8H,9H2,1-2H3,(H,20,22)(H,21,23). The third kappa shape index (κ3) is 5.02. The molecule has 2 rings (SSSR count). The van der Waals surface area contributed by atoms with E-state index in [0.29, 0.717) is 16.8 Å². The van der Waals surface area contributed by atoms with Gasteiger partial charge in [0.25, 0.3) is 11.8 Å². The number of hydrogen-bond acceptors (Lipinski definition) is 5. The van der Waals surface area contributed by atoms with Crippen molar-refractivity contribution in [2.45, 2.75) is 13.8 Å². The summed E-state index contributed by atoms with van der Waals surface area (Å²) in [6, 6.07) is 10.0. The number of pyridine rings is 1. The zero-order chi connectivity index (χ0) is 18.4. The molecule has 0 aliphatic rings. The highest BCUT2D eigenvalue weighted by atomic mass is 35.5. The molecule has 1 aromatic carbocycles. The number of carbonyl (C=O) groups is 3. The third-order valence-corrected chi connectivity index (χ3v) is 3.46. The van der Waals surface area contributed by atoms with E-state index < -0.39 is 24.4 Å². The van der Waals surface area contributed by atoms with Crippen LogP contribution in [0, 0.1) is 13.8 Å². The molecule has 0 bridgehead atoms. The van der Waals surface area contributed by atoms with Crippen LogP contribution < -0.4 is 10.9 Å². The molecule has 0 atom stereocenters. The van der Waals surface area contributed by atoms with Gasteiger partial charge in [-0.15, -0.1) is 0 Å². The van der Waals surface area contributed by atoms with Crippen LogP contribution in [-0.4, -0.2) is 29.4 Å². The van der Waals surface area contributed by atoms with Gasteiger partial charge in [-0.05, 0) is 37.6 Å². The maximum Gasteiger partial charge on any atom is 0.342 e. The van der Waals surface area contributed by atoms with Crippen molar-refractivity contribution >= 4 is 29.4 Å². The van der Waals surface area contributed by atoms with E-state index in [0.717, 1.165) is 0 Å². The smallest absolute Gasteiger partial charge is 0.342 e. The molecular weight excluding hydrogens is 346 g/mol. The van der Waals surface area contributed by atoms with E-state index in [1.807, 2.05) is 0 Å². The molecule has 7 nitrogen and oxygen atoms in total. The van der Waals surface area contributed by atoms with Crippen molar-refractivity contribution in [2.75, 3.05) is 6.61 Å². The van der Waals surface area contributed by atoms with E-state index in [1.165, 1.54) is 0 Å². The van der Waals surface area contributed by atoms with E-state index in [4.69, 9.17) is 16.3 Å². The van der Waals surface area contributed by atoms with Crippen LogP contribution in [0.15, 0.2) is 36.4 Å². The van der Waals surface area contributed by atoms with Gasteiger partial charge in [0.1, 0.15) is 5.15 Å². The van der Waals surface area contributed by atoms with Crippen molar-refractivity contribution in [2.24, 2.45) is 0 Å². The van der Waals surface area contributed by atoms with Crippen LogP contribution in [0.4, 0.5) is 0 Å². The van der Waals surface area contributed by atoms with Crippen molar-refractivity contribution in [1.82, 2.24) is 15.8 Å². The first-order valence-corrected chi connectivity index (χ1v) is 7.71. The number of benzene rings is 1. The molecule has 0 unspecified atom stereocenters. The molecule has 130 valence electrons. The lowest BCUT2D eigenvalue weighted by Crippen LogP contribution is -2.43. The Balaban J connectivity index is 1.86. The third-order valence-electron chi connectivity index (χ3n) is 3.19. The number of ether oxygens (including phenoxy) is 1. The van der Waals surface area contributed by atoms with Gasteiger partial charge in [0.15, 0.2) is 6.61 Å². The zero-order valence-electron chi connectivity index (χ0n) is 13.6. The molecule has 2 N–H and O–H groups in total. The Labute approximate surface area is 149 Å². The number of carbonyl (C=O) groups excluding carboxylic acids is 3. The summed E-state index contributed by atoms with van der Waals surface area (Å²) in [4.78, 5) is 39.5. The second-order valence-electron chi connectivity index (χ2n) is 5.19. The lowest BCUT2D eigenvalue weighted by atomic mass is 10.1. The molecule has 0 aliphatic carbocycles. The predicted molar refractivity (Wildman–Crippen MR) is 91.1 cm³/mol. The Hall–Kier alpha value is -2.93. The minimum absolute atomic E-state index is 0.0142.